The summed E-state index contributed by atoms with van der Waals surface area (Å²) in [5.41, 5.74) is 0.872. The SMILES string of the molecule is CC(=O)N1CCN(C(C#N)c2ccc(O)cc2)CC1. The lowest BCUT2D eigenvalue weighted by Crippen LogP contribution is -2.48. The summed E-state index contributed by atoms with van der Waals surface area (Å²) in [6.45, 7) is 4.27. The average molecular weight is 259 g/mol. The van der Waals surface area contributed by atoms with Crippen molar-refractivity contribution in [3.63, 3.8) is 0 Å². The van der Waals surface area contributed by atoms with Crippen molar-refractivity contribution in [2.45, 2.75) is 13.0 Å². The Labute approximate surface area is 112 Å². The summed E-state index contributed by atoms with van der Waals surface area (Å²) in [5.74, 6) is 0.277. The summed E-state index contributed by atoms with van der Waals surface area (Å²) in [7, 11) is 0. The summed E-state index contributed by atoms with van der Waals surface area (Å²) in [6.07, 6.45) is 0. The van der Waals surface area contributed by atoms with Crippen molar-refractivity contribution >= 4 is 5.91 Å². The second-order valence-electron chi connectivity index (χ2n) is 4.67. The minimum atomic E-state index is -0.324. The van der Waals surface area contributed by atoms with Crippen LogP contribution in [0.2, 0.25) is 0 Å². The van der Waals surface area contributed by atoms with Crippen LogP contribution in [0.15, 0.2) is 24.3 Å². The van der Waals surface area contributed by atoms with Crippen molar-refractivity contribution in [2.24, 2.45) is 0 Å². The van der Waals surface area contributed by atoms with Crippen LogP contribution in [0.4, 0.5) is 0 Å². The van der Waals surface area contributed by atoms with Crippen LogP contribution in [0.3, 0.4) is 0 Å². The van der Waals surface area contributed by atoms with Gasteiger partial charge in [-0.25, -0.2) is 0 Å². The highest BCUT2D eigenvalue weighted by Crippen LogP contribution is 2.23. The first-order valence-corrected chi connectivity index (χ1v) is 6.30. The van der Waals surface area contributed by atoms with E-state index in [4.69, 9.17) is 0 Å². The van der Waals surface area contributed by atoms with E-state index in [1.54, 1.807) is 36.1 Å². The van der Waals surface area contributed by atoms with Gasteiger partial charge in [0.15, 0.2) is 0 Å². The van der Waals surface area contributed by atoms with Gasteiger partial charge in [0.25, 0.3) is 0 Å². The Hall–Kier alpha value is -2.06. The largest absolute Gasteiger partial charge is 0.508 e. The molecule has 2 rings (SSSR count). The number of rotatable bonds is 2. The van der Waals surface area contributed by atoms with Crippen molar-refractivity contribution in [2.75, 3.05) is 26.2 Å². The van der Waals surface area contributed by atoms with Gasteiger partial charge in [-0.05, 0) is 17.7 Å². The fourth-order valence-corrected chi connectivity index (χ4v) is 2.32. The normalized spacial score (nSPS) is 17.8. The Morgan fingerprint density at radius 1 is 1.26 bits per heavy atom. The standard InChI is InChI=1S/C14H17N3O2/c1-11(18)16-6-8-17(9-7-16)14(10-15)12-2-4-13(19)5-3-12/h2-5,14,19H,6-9H2,1H3. The molecule has 1 aromatic carbocycles. The molecule has 0 aliphatic carbocycles. The molecule has 1 aliphatic heterocycles. The number of nitrogens with zero attached hydrogens (tertiary/aromatic N) is 3. The Morgan fingerprint density at radius 3 is 2.32 bits per heavy atom. The number of phenolic OH excluding ortho intramolecular Hbond substituents is 1. The van der Waals surface area contributed by atoms with E-state index in [-0.39, 0.29) is 17.7 Å². The number of carbonyl (C=O) groups excluding carboxylic acids is 1. The molecule has 0 saturated carbocycles. The lowest BCUT2D eigenvalue weighted by molar-refractivity contribution is -0.130. The highest BCUT2D eigenvalue weighted by Gasteiger charge is 2.25. The van der Waals surface area contributed by atoms with Crippen molar-refractivity contribution in [3.8, 4) is 11.8 Å². The quantitative estimate of drug-likeness (QED) is 0.864. The van der Waals surface area contributed by atoms with Crippen molar-refractivity contribution < 1.29 is 9.90 Å². The predicted molar refractivity (Wildman–Crippen MR) is 70.3 cm³/mol. The number of carbonyl (C=O) groups is 1. The summed E-state index contributed by atoms with van der Waals surface area (Å²) in [5, 5.41) is 18.6. The number of phenols is 1. The van der Waals surface area contributed by atoms with Crippen LogP contribution in [-0.2, 0) is 4.79 Å². The monoisotopic (exact) mass is 259 g/mol. The molecule has 1 heterocycles. The maximum atomic E-state index is 11.3. The van der Waals surface area contributed by atoms with Gasteiger partial charge in [-0.2, -0.15) is 5.26 Å². The molecule has 1 atom stereocenters. The van der Waals surface area contributed by atoms with E-state index < -0.39 is 0 Å². The Balaban J connectivity index is 2.06. The fourth-order valence-electron chi connectivity index (χ4n) is 2.32. The summed E-state index contributed by atoms with van der Waals surface area (Å²) < 4.78 is 0. The average Bonchev–Trinajstić information content (AvgIpc) is 2.42. The maximum Gasteiger partial charge on any atom is 0.219 e. The first kappa shape index (κ1) is 13.4. The van der Waals surface area contributed by atoms with E-state index in [1.165, 1.54) is 0 Å². The first-order chi connectivity index (χ1) is 9.11. The Kier molecular flexibility index (Phi) is 4.03. The van der Waals surface area contributed by atoms with E-state index in [0.29, 0.717) is 26.2 Å². The predicted octanol–water partition coefficient (Wildman–Crippen LogP) is 1.12. The molecular weight excluding hydrogens is 242 g/mol. The number of piperazine rings is 1. The van der Waals surface area contributed by atoms with Gasteiger partial charge in [-0.1, -0.05) is 12.1 Å². The molecule has 100 valence electrons. The molecule has 5 nitrogen and oxygen atoms in total. The van der Waals surface area contributed by atoms with Gasteiger partial charge in [-0.3, -0.25) is 9.69 Å². The lowest BCUT2D eigenvalue weighted by atomic mass is 10.1. The van der Waals surface area contributed by atoms with Gasteiger partial charge < -0.3 is 10.0 Å². The summed E-state index contributed by atoms with van der Waals surface area (Å²) in [4.78, 5) is 15.1. The second kappa shape index (κ2) is 5.72. The van der Waals surface area contributed by atoms with Crippen molar-refractivity contribution in [1.82, 2.24) is 9.80 Å². The highest BCUT2D eigenvalue weighted by molar-refractivity contribution is 5.73. The van der Waals surface area contributed by atoms with Crippen LogP contribution in [0.25, 0.3) is 0 Å². The van der Waals surface area contributed by atoms with Crippen LogP contribution in [-0.4, -0.2) is 47.0 Å². The smallest absolute Gasteiger partial charge is 0.219 e. The molecule has 0 spiro atoms. The molecule has 1 unspecified atom stereocenters. The van der Waals surface area contributed by atoms with E-state index in [1.807, 2.05) is 0 Å². The van der Waals surface area contributed by atoms with Gasteiger partial charge in [0.05, 0.1) is 6.07 Å². The number of nitriles is 1. The summed E-state index contributed by atoms with van der Waals surface area (Å²) in [6, 6.07) is 8.67. The van der Waals surface area contributed by atoms with E-state index in [0.717, 1.165) is 5.56 Å². The minimum absolute atomic E-state index is 0.0813. The maximum absolute atomic E-state index is 11.3. The number of hydrogen-bond donors (Lipinski definition) is 1. The molecule has 1 fully saturated rings. The molecule has 1 aromatic rings. The van der Waals surface area contributed by atoms with Crippen LogP contribution in [0.5, 0.6) is 5.75 Å². The zero-order valence-electron chi connectivity index (χ0n) is 10.9. The highest BCUT2D eigenvalue weighted by atomic mass is 16.3. The molecule has 0 radical (unpaired) electrons. The first-order valence-electron chi connectivity index (χ1n) is 6.30. The fraction of sp³-hybridized carbons (Fsp3) is 0.429. The third kappa shape index (κ3) is 3.04. The van der Waals surface area contributed by atoms with Crippen molar-refractivity contribution in [1.29, 1.82) is 5.26 Å². The van der Waals surface area contributed by atoms with Crippen LogP contribution in [0, 0.1) is 11.3 Å². The van der Waals surface area contributed by atoms with Gasteiger partial charge in [0.1, 0.15) is 11.8 Å². The van der Waals surface area contributed by atoms with Crippen molar-refractivity contribution in [3.05, 3.63) is 29.8 Å². The Morgan fingerprint density at radius 2 is 1.84 bits per heavy atom. The lowest BCUT2D eigenvalue weighted by Gasteiger charge is -2.36. The van der Waals surface area contributed by atoms with Gasteiger partial charge >= 0.3 is 0 Å². The summed E-state index contributed by atoms with van der Waals surface area (Å²) >= 11 is 0. The molecule has 1 N–H and O–H groups in total. The number of aromatic hydroxyl groups is 1. The molecule has 5 heteroatoms. The number of hydrogen-bond acceptors (Lipinski definition) is 4. The van der Waals surface area contributed by atoms with Gasteiger partial charge in [0.2, 0.25) is 5.91 Å². The van der Waals surface area contributed by atoms with Gasteiger partial charge in [-0.15, -0.1) is 0 Å². The minimum Gasteiger partial charge on any atom is -0.508 e. The molecule has 0 aromatic heterocycles. The topological polar surface area (TPSA) is 67.6 Å². The molecule has 1 saturated heterocycles. The van der Waals surface area contributed by atoms with Crippen LogP contribution in [0.1, 0.15) is 18.5 Å². The van der Waals surface area contributed by atoms with Gasteiger partial charge in [0, 0.05) is 33.1 Å². The molecule has 1 amide bonds. The zero-order chi connectivity index (χ0) is 13.8. The van der Waals surface area contributed by atoms with Crippen LogP contribution >= 0.6 is 0 Å². The number of amides is 1. The Bertz CT molecular complexity index is 484. The second-order valence-corrected chi connectivity index (χ2v) is 4.67. The molecule has 1 aliphatic rings. The molecular formula is C14H17N3O2. The van der Waals surface area contributed by atoms with Crippen LogP contribution < -0.4 is 0 Å². The third-order valence-electron chi connectivity index (χ3n) is 3.46. The molecule has 19 heavy (non-hydrogen) atoms. The van der Waals surface area contributed by atoms with E-state index >= 15 is 0 Å². The third-order valence-corrected chi connectivity index (χ3v) is 3.46. The number of benzene rings is 1. The van der Waals surface area contributed by atoms with E-state index in [2.05, 4.69) is 11.0 Å². The molecule has 0 bridgehead atoms. The van der Waals surface area contributed by atoms with E-state index in [9.17, 15) is 15.2 Å². The zero-order valence-corrected chi connectivity index (χ0v) is 10.9.